The average molecular weight is 269 g/mol. The van der Waals surface area contributed by atoms with Gasteiger partial charge in [-0.05, 0) is 38.7 Å². The minimum Gasteiger partial charge on any atom is -0.496 e. The summed E-state index contributed by atoms with van der Waals surface area (Å²) in [7, 11) is 6.03. The molecular weight excluding hydrogens is 248 g/mol. The van der Waals surface area contributed by atoms with Crippen LogP contribution in [-0.2, 0) is 0 Å². The van der Waals surface area contributed by atoms with E-state index in [-0.39, 0.29) is 0 Å². The molecule has 0 radical (unpaired) electrons. The van der Waals surface area contributed by atoms with E-state index in [1.165, 1.54) is 5.56 Å². The summed E-state index contributed by atoms with van der Waals surface area (Å²) in [5, 5.41) is 0.812. The molecule has 0 saturated carbocycles. The van der Waals surface area contributed by atoms with Gasteiger partial charge in [-0.1, -0.05) is 11.6 Å². The monoisotopic (exact) mass is 268 g/mol. The van der Waals surface area contributed by atoms with Crippen LogP contribution in [0.3, 0.4) is 0 Å². The molecule has 1 fully saturated rings. The molecule has 1 saturated heterocycles. The number of nitrogens with zero attached hydrogens (tertiary/aromatic N) is 2. The number of ether oxygens (including phenoxy) is 1. The van der Waals surface area contributed by atoms with Crippen LogP contribution in [0.1, 0.15) is 17.2 Å². The topological polar surface area (TPSA) is 15.7 Å². The highest BCUT2D eigenvalue weighted by Crippen LogP contribution is 2.34. The lowest BCUT2D eigenvalue weighted by molar-refractivity contribution is 0.113. The van der Waals surface area contributed by atoms with Gasteiger partial charge < -0.3 is 9.64 Å². The number of rotatable bonds is 2. The van der Waals surface area contributed by atoms with E-state index >= 15 is 0 Å². The lowest BCUT2D eigenvalue weighted by Crippen LogP contribution is -2.44. The molecule has 1 aromatic rings. The second-order valence-corrected chi connectivity index (χ2v) is 5.51. The Bertz CT molecular complexity index is 436. The molecule has 0 N–H and O–H groups in total. The molecule has 4 heteroatoms. The van der Waals surface area contributed by atoms with Crippen LogP contribution >= 0.6 is 11.6 Å². The second kappa shape index (κ2) is 5.47. The maximum Gasteiger partial charge on any atom is 0.124 e. The Hall–Kier alpha value is -0.770. The first kappa shape index (κ1) is 13.7. The third-order valence-electron chi connectivity index (χ3n) is 3.72. The first-order valence-corrected chi connectivity index (χ1v) is 6.63. The Morgan fingerprint density at radius 2 is 2.00 bits per heavy atom. The molecule has 1 aromatic carbocycles. The molecule has 0 aliphatic carbocycles. The third kappa shape index (κ3) is 2.63. The normalized spacial score (nSPS) is 22.2. The van der Waals surface area contributed by atoms with Gasteiger partial charge in [0, 0.05) is 30.2 Å². The first-order chi connectivity index (χ1) is 8.52. The van der Waals surface area contributed by atoms with E-state index in [2.05, 4.69) is 30.0 Å². The van der Waals surface area contributed by atoms with Crippen LogP contribution in [0, 0.1) is 6.92 Å². The third-order valence-corrected chi connectivity index (χ3v) is 4.13. The molecular formula is C14H21ClN2O. The number of likely N-dealkylation sites (N-methyl/N-ethyl adjacent to an activating group) is 2. The molecule has 0 spiro atoms. The van der Waals surface area contributed by atoms with Crippen molar-refractivity contribution in [2.75, 3.05) is 40.8 Å². The van der Waals surface area contributed by atoms with Crippen LogP contribution in [0.5, 0.6) is 5.75 Å². The SMILES string of the molecule is COc1cc(C)c(Cl)cc1C1CN(C)CCN1C. The maximum absolute atomic E-state index is 6.26. The van der Waals surface area contributed by atoms with Crippen molar-refractivity contribution in [3.63, 3.8) is 0 Å². The average Bonchev–Trinajstić information content (AvgIpc) is 2.35. The zero-order valence-electron chi connectivity index (χ0n) is 11.5. The summed E-state index contributed by atoms with van der Waals surface area (Å²) in [4.78, 5) is 4.71. The fourth-order valence-electron chi connectivity index (χ4n) is 2.45. The van der Waals surface area contributed by atoms with Gasteiger partial charge in [0.2, 0.25) is 0 Å². The van der Waals surface area contributed by atoms with Crippen molar-refractivity contribution < 1.29 is 4.74 Å². The molecule has 1 aliphatic rings. The minimum absolute atomic E-state index is 0.344. The van der Waals surface area contributed by atoms with Crippen LogP contribution in [0.2, 0.25) is 5.02 Å². The summed E-state index contributed by atoms with van der Waals surface area (Å²) in [6.07, 6.45) is 0. The molecule has 0 aromatic heterocycles. The Morgan fingerprint density at radius 3 is 2.67 bits per heavy atom. The maximum atomic E-state index is 6.26. The molecule has 1 atom stereocenters. The van der Waals surface area contributed by atoms with Crippen molar-refractivity contribution in [2.24, 2.45) is 0 Å². The van der Waals surface area contributed by atoms with E-state index in [1.807, 2.05) is 13.0 Å². The minimum atomic E-state index is 0.344. The van der Waals surface area contributed by atoms with Crippen molar-refractivity contribution >= 4 is 11.6 Å². The van der Waals surface area contributed by atoms with Crippen LogP contribution in [-0.4, -0.2) is 50.6 Å². The Morgan fingerprint density at radius 1 is 1.28 bits per heavy atom. The number of benzene rings is 1. The van der Waals surface area contributed by atoms with Crippen LogP contribution in [0.4, 0.5) is 0 Å². The summed E-state index contributed by atoms with van der Waals surface area (Å²) >= 11 is 6.26. The van der Waals surface area contributed by atoms with Crippen molar-refractivity contribution in [1.82, 2.24) is 9.80 Å². The van der Waals surface area contributed by atoms with E-state index < -0.39 is 0 Å². The number of halogens is 1. The molecule has 0 amide bonds. The van der Waals surface area contributed by atoms with Gasteiger partial charge in [-0.25, -0.2) is 0 Å². The lowest BCUT2D eigenvalue weighted by atomic mass is 10.0. The van der Waals surface area contributed by atoms with E-state index in [1.54, 1.807) is 7.11 Å². The number of methoxy groups -OCH3 is 1. The molecule has 3 nitrogen and oxygen atoms in total. The van der Waals surface area contributed by atoms with Crippen molar-refractivity contribution in [3.05, 3.63) is 28.3 Å². The fourth-order valence-corrected chi connectivity index (χ4v) is 2.63. The molecule has 18 heavy (non-hydrogen) atoms. The van der Waals surface area contributed by atoms with Gasteiger partial charge >= 0.3 is 0 Å². The van der Waals surface area contributed by atoms with E-state index in [9.17, 15) is 0 Å². The van der Waals surface area contributed by atoms with Crippen molar-refractivity contribution in [1.29, 1.82) is 0 Å². The van der Waals surface area contributed by atoms with E-state index in [0.29, 0.717) is 6.04 Å². The Kier molecular flexibility index (Phi) is 4.15. The van der Waals surface area contributed by atoms with Gasteiger partial charge in [0.25, 0.3) is 0 Å². The van der Waals surface area contributed by atoms with Crippen LogP contribution in [0.15, 0.2) is 12.1 Å². The summed E-state index contributed by atoms with van der Waals surface area (Å²) in [6.45, 7) is 5.18. The van der Waals surface area contributed by atoms with E-state index in [4.69, 9.17) is 16.3 Å². The van der Waals surface area contributed by atoms with Crippen molar-refractivity contribution in [3.8, 4) is 5.75 Å². The summed E-state index contributed by atoms with van der Waals surface area (Å²) in [5.74, 6) is 0.934. The number of hydrogen-bond acceptors (Lipinski definition) is 3. The highest BCUT2D eigenvalue weighted by molar-refractivity contribution is 6.31. The molecule has 1 aliphatic heterocycles. The molecule has 100 valence electrons. The molecule has 0 bridgehead atoms. The summed E-state index contributed by atoms with van der Waals surface area (Å²) < 4.78 is 5.51. The van der Waals surface area contributed by atoms with Crippen LogP contribution in [0.25, 0.3) is 0 Å². The van der Waals surface area contributed by atoms with Gasteiger partial charge in [0.1, 0.15) is 5.75 Å². The zero-order chi connectivity index (χ0) is 13.3. The molecule has 1 unspecified atom stereocenters. The quantitative estimate of drug-likeness (QED) is 0.820. The standard InChI is InChI=1S/C14H21ClN2O/c1-10-7-14(18-4)11(8-12(10)15)13-9-16(2)5-6-17(13)3/h7-8,13H,5-6,9H2,1-4H3. The lowest BCUT2D eigenvalue weighted by Gasteiger charge is -2.38. The highest BCUT2D eigenvalue weighted by atomic mass is 35.5. The second-order valence-electron chi connectivity index (χ2n) is 5.10. The van der Waals surface area contributed by atoms with Crippen molar-refractivity contribution in [2.45, 2.75) is 13.0 Å². The molecule has 2 rings (SSSR count). The largest absolute Gasteiger partial charge is 0.496 e. The predicted octanol–water partition coefficient (Wildman–Crippen LogP) is 2.58. The van der Waals surface area contributed by atoms with Gasteiger partial charge in [0.15, 0.2) is 0 Å². The summed E-state index contributed by atoms with van der Waals surface area (Å²) in [6, 6.07) is 4.42. The predicted molar refractivity (Wildman–Crippen MR) is 75.6 cm³/mol. The molecule has 1 heterocycles. The smallest absolute Gasteiger partial charge is 0.124 e. The van der Waals surface area contributed by atoms with Gasteiger partial charge in [-0.3, -0.25) is 4.90 Å². The number of piperazine rings is 1. The first-order valence-electron chi connectivity index (χ1n) is 6.25. The Labute approximate surface area is 114 Å². The van der Waals surface area contributed by atoms with Gasteiger partial charge in [0.05, 0.1) is 13.2 Å². The highest BCUT2D eigenvalue weighted by Gasteiger charge is 2.26. The van der Waals surface area contributed by atoms with Gasteiger partial charge in [-0.15, -0.1) is 0 Å². The van der Waals surface area contributed by atoms with E-state index in [0.717, 1.165) is 36.0 Å². The Balaban J connectivity index is 2.39. The number of hydrogen-bond donors (Lipinski definition) is 0. The number of aryl methyl sites for hydroxylation is 1. The van der Waals surface area contributed by atoms with Gasteiger partial charge in [-0.2, -0.15) is 0 Å². The van der Waals surface area contributed by atoms with Crippen LogP contribution < -0.4 is 4.74 Å². The zero-order valence-corrected chi connectivity index (χ0v) is 12.3. The fraction of sp³-hybridized carbons (Fsp3) is 0.571. The summed E-state index contributed by atoms with van der Waals surface area (Å²) in [5.41, 5.74) is 2.24.